The summed E-state index contributed by atoms with van der Waals surface area (Å²) in [4.78, 5) is 13.8. The Labute approximate surface area is 115 Å². The van der Waals surface area contributed by atoms with Crippen molar-refractivity contribution in [3.8, 4) is 0 Å². The summed E-state index contributed by atoms with van der Waals surface area (Å²) < 4.78 is 0. The summed E-state index contributed by atoms with van der Waals surface area (Å²) in [6.07, 6.45) is 0.811. The first-order valence-electron chi connectivity index (χ1n) is 6.86. The number of likely N-dealkylation sites (N-methyl/N-ethyl adjacent to an activating group) is 1. The molecule has 0 spiro atoms. The van der Waals surface area contributed by atoms with E-state index in [2.05, 4.69) is 46.1 Å². The molecule has 2 heterocycles. The number of anilines is 2. The van der Waals surface area contributed by atoms with Crippen LogP contribution in [-0.2, 0) is 6.42 Å². The van der Waals surface area contributed by atoms with Gasteiger partial charge in [0, 0.05) is 37.7 Å². The van der Waals surface area contributed by atoms with E-state index in [0.717, 1.165) is 49.1 Å². The van der Waals surface area contributed by atoms with Gasteiger partial charge in [0.15, 0.2) is 0 Å². The number of hydrogen-bond acceptors (Lipinski definition) is 6. The molecule has 0 bridgehead atoms. The highest BCUT2D eigenvalue weighted by Crippen LogP contribution is 2.25. The third-order valence-electron chi connectivity index (χ3n) is 3.88. The van der Waals surface area contributed by atoms with Crippen LogP contribution in [0.2, 0.25) is 0 Å². The molecule has 1 saturated heterocycles. The van der Waals surface area contributed by atoms with E-state index in [4.69, 9.17) is 5.84 Å². The van der Waals surface area contributed by atoms with E-state index in [-0.39, 0.29) is 0 Å². The molecule has 106 valence electrons. The minimum absolute atomic E-state index is 0.530. The van der Waals surface area contributed by atoms with Crippen LogP contribution in [0.4, 0.5) is 11.6 Å². The number of aromatic nitrogens is 2. The highest BCUT2D eigenvalue weighted by molar-refractivity contribution is 5.58. The molecule has 3 N–H and O–H groups in total. The van der Waals surface area contributed by atoms with Gasteiger partial charge in [0.25, 0.3) is 0 Å². The van der Waals surface area contributed by atoms with E-state index in [1.807, 2.05) is 6.92 Å². The maximum atomic E-state index is 5.56. The number of nitrogens with two attached hydrogens (primary N) is 1. The van der Waals surface area contributed by atoms with Crippen molar-refractivity contribution >= 4 is 11.6 Å². The van der Waals surface area contributed by atoms with Crippen molar-refractivity contribution in [3.05, 3.63) is 11.4 Å². The Balaban J connectivity index is 2.33. The molecule has 2 rings (SSSR count). The Bertz CT molecular complexity index is 447. The lowest BCUT2D eigenvalue weighted by Crippen LogP contribution is -2.50. The molecule has 0 aromatic carbocycles. The third kappa shape index (κ3) is 2.79. The SMILES string of the molecule is CCc1nc(NN)c(C)c(N2CCN(C)C(C)C2)n1. The molecule has 6 nitrogen and oxygen atoms in total. The summed E-state index contributed by atoms with van der Waals surface area (Å²) in [7, 11) is 2.17. The van der Waals surface area contributed by atoms with Crippen LogP contribution < -0.4 is 16.2 Å². The molecule has 0 amide bonds. The fourth-order valence-electron chi connectivity index (χ4n) is 2.40. The quantitative estimate of drug-likeness (QED) is 0.621. The predicted octanol–water partition coefficient (Wildman–Crippen LogP) is 0.773. The minimum atomic E-state index is 0.530. The molecule has 1 aliphatic rings. The number of hydrogen-bond donors (Lipinski definition) is 2. The average Bonchev–Trinajstić information content (AvgIpc) is 2.42. The zero-order chi connectivity index (χ0) is 14.0. The van der Waals surface area contributed by atoms with E-state index in [1.165, 1.54) is 0 Å². The van der Waals surface area contributed by atoms with Crippen LogP contribution in [-0.4, -0.2) is 47.6 Å². The Morgan fingerprint density at radius 1 is 1.37 bits per heavy atom. The first-order valence-corrected chi connectivity index (χ1v) is 6.86. The molecule has 0 saturated carbocycles. The largest absolute Gasteiger partial charge is 0.353 e. The van der Waals surface area contributed by atoms with E-state index < -0.39 is 0 Å². The second-order valence-electron chi connectivity index (χ2n) is 5.21. The lowest BCUT2D eigenvalue weighted by Gasteiger charge is -2.39. The van der Waals surface area contributed by atoms with Crippen LogP contribution in [0.1, 0.15) is 25.2 Å². The van der Waals surface area contributed by atoms with Gasteiger partial charge < -0.3 is 15.2 Å². The van der Waals surface area contributed by atoms with Crippen molar-refractivity contribution in [1.29, 1.82) is 0 Å². The molecule has 1 aromatic heterocycles. The third-order valence-corrected chi connectivity index (χ3v) is 3.88. The highest BCUT2D eigenvalue weighted by atomic mass is 15.3. The van der Waals surface area contributed by atoms with Crippen LogP contribution in [0.3, 0.4) is 0 Å². The van der Waals surface area contributed by atoms with Crippen LogP contribution in [0.5, 0.6) is 0 Å². The first-order chi connectivity index (χ1) is 9.06. The smallest absolute Gasteiger partial charge is 0.148 e. The Morgan fingerprint density at radius 2 is 2.11 bits per heavy atom. The summed E-state index contributed by atoms with van der Waals surface area (Å²) in [5, 5.41) is 0. The number of rotatable bonds is 3. The highest BCUT2D eigenvalue weighted by Gasteiger charge is 2.24. The second kappa shape index (κ2) is 5.71. The van der Waals surface area contributed by atoms with Crippen LogP contribution >= 0.6 is 0 Å². The molecule has 0 radical (unpaired) electrons. The topological polar surface area (TPSA) is 70.3 Å². The van der Waals surface area contributed by atoms with Crippen LogP contribution in [0, 0.1) is 6.92 Å². The van der Waals surface area contributed by atoms with E-state index >= 15 is 0 Å². The molecule has 1 fully saturated rings. The number of nitrogen functional groups attached to an aromatic ring is 1. The zero-order valence-electron chi connectivity index (χ0n) is 12.3. The van der Waals surface area contributed by atoms with E-state index in [0.29, 0.717) is 6.04 Å². The van der Waals surface area contributed by atoms with Gasteiger partial charge in [-0.3, -0.25) is 0 Å². The molecular formula is C13H24N6. The Hall–Kier alpha value is -1.40. The normalized spacial score (nSPS) is 20.7. The van der Waals surface area contributed by atoms with Gasteiger partial charge in [0.05, 0.1) is 0 Å². The van der Waals surface area contributed by atoms with Crippen molar-refractivity contribution in [2.24, 2.45) is 5.84 Å². The maximum Gasteiger partial charge on any atom is 0.148 e. The molecule has 19 heavy (non-hydrogen) atoms. The molecule has 1 unspecified atom stereocenters. The average molecular weight is 264 g/mol. The minimum Gasteiger partial charge on any atom is -0.353 e. The van der Waals surface area contributed by atoms with Gasteiger partial charge in [-0.15, -0.1) is 0 Å². The summed E-state index contributed by atoms with van der Waals surface area (Å²) in [6.45, 7) is 9.35. The standard InChI is InChI=1S/C13H24N6/c1-5-11-15-12(17-14)10(3)13(16-11)19-7-6-18(4)9(2)8-19/h9H,5-8,14H2,1-4H3,(H,15,16,17). The van der Waals surface area contributed by atoms with E-state index in [9.17, 15) is 0 Å². The number of aryl methyl sites for hydroxylation is 1. The van der Waals surface area contributed by atoms with Crippen LogP contribution in [0.25, 0.3) is 0 Å². The maximum absolute atomic E-state index is 5.56. The van der Waals surface area contributed by atoms with Gasteiger partial charge in [-0.05, 0) is 20.9 Å². The second-order valence-corrected chi connectivity index (χ2v) is 5.21. The number of nitrogens with zero attached hydrogens (tertiary/aromatic N) is 4. The summed E-state index contributed by atoms with van der Waals surface area (Å²) in [5.41, 5.74) is 3.71. The molecule has 1 aromatic rings. The predicted molar refractivity (Wildman–Crippen MR) is 78.3 cm³/mol. The fourth-order valence-corrected chi connectivity index (χ4v) is 2.40. The van der Waals surface area contributed by atoms with Gasteiger partial charge in [0.2, 0.25) is 0 Å². The fraction of sp³-hybridized carbons (Fsp3) is 0.692. The van der Waals surface area contributed by atoms with Gasteiger partial charge in [0.1, 0.15) is 17.5 Å². The Morgan fingerprint density at radius 3 is 2.68 bits per heavy atom. The van der Waals surface area contributed by atoms with Crippen molar-refractivity contribution in [3.63, 3.8) is 0 Å². The summed E-state index contributed by atoms with van der Waals surface area (Å²) in [5.74, 6) is 8.13. The Kier molecular flexibility index (Phi) is 4.21. The van der Waals surface area contributed by atoms with Crippen molar-refractivity contribution < 1.29 is 0 Å². The van der Waals surface area contributed by atoms with Gasteiger partial charge in [-0.2, -0.15) is 0 Å². The van der Waals surface area contributed by atoms with Crippen molar-refractivity contribution in [2.45, 2.75) is 33.2 Å². The molecule has 1 atom stereocenters. The lowest BCUT2D eigenvalue weighted by atomic mass is 10.2. The zero-order valence-corrected chi connectivity index (χ0v) is 12.3. The van der Waals surface area contributed by atoms with Crippen LogP contribution in [0.15, 0.2) is 0 Å². The van der Waals surface area contributed by atoms with Gasteiger partial charge in [-0.1, -0.05) is 6.92 Å². The number of hydrazine groups is 1. The monoisotopic (exact) mass is 264 g/mol. The summed E-state index contributed by atoms with van der Waals surface area (Å²) >= 11 is 0. The molecule has 1 aliphatic heterocycles. The van der Waals surface area contributed by atoms with Gasteiger partial charge >= 0.3 is 0 Å². The van der Waals surface area contributed by atoms with E-state index in [1.54, 1.807) is 0 Å². The number of piperazine rings is 1. The molecule has 6 heteroatoms. The number of nitrogens with one attached hydrogen (secondary N) is 1. The summed E-state index contributed by atoms with van der Waals surface area (Å²) in [6, 6.07) is 0.530. The first kappa shape index (κ1) is 14.0. The van der Waals surface area contributed by atoms with Crippen molar-refractivity contribution in [2.75, 3.05) is 37.0 Å². The molecule has 0 aliphatic carbocycles. The van der Waals surface area contributed by atoms with Crippen molar-refractivity contribution in [1.82, 2.24) is 14.9 Å². The van der Waals surface area contributed by atoms with Gasteiger partial charge in [-0.25, -0.2) is 15.8 Å². The molecular weight excluding hydrogens is 240 g/mol. The lowest BCUT2D eigenvalue weighted by molar-refractivity contribution is 0.233.